The Bertz CT molecular complexity index is 741. The van der Waals surface area contributed by atoms with Crippen LogP contribution in [-0.4, -0.2) is 15.5 Å². The molecule has 0 saturated heterocycles. The highest BCUT2D eigenvalue weighted by Crippen LogP contribution is 2.38. The highest BCUT2D eigenvalue weighted by Gasteiger charge is 2.39. The van der Waals surface area contributed by atoms with Gasteiger partial charge in [0.25, 0.3) is 0 Å². The van der Waals surface area contributed by atoms with E-state index in [2.05, 4.69) is 26.2 Å². The number of nitrogens with zero attached hydrogens (tertiary/aromatic N) is 3. The summed E-state index contributed by atoms with van der Waals surface area (Å²) in [6, 6.07) is 5.78. The fourth-order valence-electron chi connectivity index (χ4n) is 2.63. The van der Waals surface area contributed by atoms with Crippen LogP contribution >= 0.6 is 27.5 Å². The van der Waals surface area contributed by atoms with Crippen LogP contribution in [0.25, 0.3) is 0 Å². The van der Waals surface area contributed by atoms with Crippen molar-refractivity contribution in [2.75, 3.05) is 0 Å². The summed E-state index contributed by atoms with van der Waals surface area (Å²) in [5, 5.41) is 9.34. The highest BCUT2D eigenvalue weighted by atomic mass is 79.9. The third kappa shape index (κ3) is 2.60. The van der Waals surface area contributed by atoms with Gasteiger partial charge in [-0.15, -0.1) is 0 Å². The second-order valence-corrected chi connectivity index (χ2v) is 6.73. The third-order valence-electron chi connectivity index (χ3n) is 3.70. The Balaban J connectivity index is 1.90. The van der Waals surface area contributed by atoms with Crippen molar-refractivity contribution in [3.05, 3.63) is 50.7 Å². The molecule has 21 heavy (non-hydrogen) atoms. The lowest BCUT2D eigenvalue weighted by molar-refractivity contribution is -0.00789. The fourth-order valence-corrected chi connectivity index (χ4v) is 3.13. The summed E-state index contributed by atoms with van der Waals surface area (Å²) < 4.78 is 2.66. The van der Waals surface area contributed by atoms with Crippen LogP contribution in [-0.2, 0) is 17.5 Å². The van der Waals surface area contributed by atoms with Crippen LogP contribution in [0.4, 0.5) is 0 Å². The molecule has 4 nitrogen and oxygen atoms in total. The van der Waals surface area contributed by atoms with E-state index in [1.165, 1.54) is 0 Å². The molecule has 6 heteroatoms. The lowest BCUT2D eigenvalue weighted by atomic mass is 9.89. The Hall–Kier alpha value is -1.33. The predicted molar refractivity (Wildman–Crippen MR) is 86.7 cm³/mol. The van der Waals surface area contributed by atoms with Crippen molar-refractivity contribution in [3.63, 3.8) is 0 Å². The first kappa shape index (κ1) is 14.6. The van der Waals surface area contributed by atoms with Crippen LogP contribution < -0.4 is 0 Å². The van der Waals surface area contributed by atoms with Gasteiger partial charge < -0.3 is 4.84 Å². The van der Waals surface area contributed by atoms with Gasteiger partial charge in [-0.1, -0.05) is 22.8 Å². The van der Waals surface area contributed by atoms with Gasteiger partial charge in [-0.05, 0) is 41.9 Å². The van der Waals surface area contributed by atoms with Crippen molar-refractivity contribution in [1.29, 1.82) is 0 Å². The summed E-state index contributed by atoms with van der Waals surface area (Å²) in [5.74, 6) is 0. The predicted octanol–water partition coefficient (Wildman–Crippen LogP) is 4.18. The molecule has 0 amide bonds. The third-order valence-corrected chi connectivity index (χ3v) is 4.91. The van der Waals surface area contributed by atoms with Crippen LogP contribution in [0.2, 0.25) is 5.02 Å². The summed E-state index contributed by atoms with van der Waals surface area (Å²) in [7, 11) is 1.91. The molecule has 0 N–H and O–H groups in total. The van der Waals surface area contributed by atoms with Gasteiger partial charge >= 0.3 is 0 Å². The highest BCUT2D eigenvalue weighted by molar-refractivity contribution is 9.10. The Kier molecular flexibility index (Phi) is 3.58. The lowest BCUT2D eigenvalue weighted by Crippen LogP contribution is -2.22. The molecule has 1 aliphatic heterocycles. The number of hydrogen-bond acceptors (Lipinski definition) is 3. The number of aryl methyl sites for hydroxylation is 2. The molecular formula is C15H15BrClN3O. The SMILES string of the molecule is Cc1nn(C)cc1C1(C)CC(c2ccc(Cl)c(Br)c2)=NO1. The number of oxime groups is 1. The molecule has 0 saturated carbocycles. The first-order valence-corrected chi connectivity index (χ1v) is 7.77. The Labute approximate surface area is 136 Å². The molecule has 1 aromatic carbocycles. The van der Waals surface area contributed by atoms with Crippen molar-refractivity contribution >= 4 is 33.2 Å². The fraction of sp³-hybridized carbons (Fsp3) is 0.333. The molecule has 3 rings (SSSR count). The van der Waals surface area contributed by atoms with Gasteiger partial charge in [0.1, 0.15) is 0 Å². The molecule has 0 bridgehead atoms. The van der Waals surface area contributed by atoms with Gasteiger partial charge in [0, 0.05) is 35.3 Å². The van der Waals surface area contributed by atoms with Crippen molar-refractivity contribution < 1.29 is 4.84 Å². The van der Waals surface area contributed by atoms with Crippen molar-refractivity contribution in [3.8, 4) is 0 Å². The molecule has 2 heterocycles. The normalized spacial score (nSPS) is 21.3. The second-order valence-electron chi connectivity index (χ2n) is 5.47. The van der Waals surface area contributed by atoms with Crippen LogP contribution in [0.5, 0.6) is 0 Å². The molecule has 0 fully saturated rings. The zero-order valence-corrected chi connectivity index (χ0v) is 14.4. The number of halogens is 2. The Morgan fingerprint density at radius 1 is 1.43 bits per heavy atom. The molecule has 2 aromatic rings. The van der Waals surface area contributed by atoms with Gasteiger partial charge in [0.05, 0.1) is 16.4 Å². The molecule has 0 aliphatic carbocycles. The maximum Gasteiger partial charge on any atom is 0.168 e. The van der Waals surface area contributed by atoms with E-state index in [4.69, 9.17) is 16.4 Å². The first-order valence-electron chi connectivity index (χ1n) is 6.60. The van der Waals surface area contributed by atoms with Crippen molar-refractivity contribution in [2.45, 2.75) is 25.9 Å². The van der Waals surface area contributed by atoms with E-state index in [-0.39, 0.29) is 0 Å². The standard InChI is InChI=1S/C15H15BrClN3O/c1-9-11(8-20(3)18-9)15(2)7-14(19-21-15)10-4-5-13(17)12(16)6-10/h4-6,8H,7H2,1-3H3. The minimum Gasteiger partial charge on any atom is -0.384 e. The topological polar surface area (TPSA) is 39.4 Å². The summed E-state index contributed by atoms with van der Waals surface area (Å²) in [5.41, 5.74) is 3.49. The van der Waals surface area contributed by atoms with E-state index in [0.29, 0.717) is 11.4 Å². The minimum atomic E-state index is -0.472. The number of benzene rings is 1. The van der Waals surface area contributed by atoms with Crippen molar-refractivity contribution in [2.24, 2.45) is 12.2 Å². The summed E-state index contributed by atoms with van der Waals surface area (Å²) >= 11 is 9.47. The van der Waals surface area contributed by atoms with E-state index in [0.717, 1.165) is 27.0 Å². The van der Waals surface area contributed by atoms with Crippen molar-refractivity contribution in [1.82, 2.24) is 9.78 Å². The summed E-state index contributed by atoms with van der Waals surface area (Å²) in [6.07, 6.45) is 2.69. The van der Waals surface area contributed by atoms with Gasteiger partial charge in [0.2, 0.25) is 0 Å². The van der Waals surface area contributed by atoms with Gasteiger partial charge in [-0.25, -0.2) is 0 Å². The first-order chi connectivity index (χ1) is 9.89. The van der Waals surface area contributed by atoms with Gasteiger partial charge in [-0.2, -0.15) is 5.10 Å². The molecule has 0 spiro atoms. The van der Waals surface area contributed by atoms with Crippen LogP contribution in [0, 0.1) is 6.92 Å². The number of rotatable bonds is 2. The quantitative estimate of drug-likeness (QED) is 0.797. The van der Waals surface area contributed by atoms with Crippen LogP contribution in [0.3, 0.4) is 0 Å². The summed E-state index contributed by atoms with van der Waals surface area (Å²) in [4.78, 5) is 5.74. The molecule has 110 valence electrons. The Morgan fingerprint density at radius 3 is 2.81 bits per heavy atom. The smallest absolute Gasteiger partial charge is 0.168 e. The summed E-state index contributed by atoms with van der Waals surface area (Å²) in [6.45, 7) is 4.03. The van der Waals surface area contributed by atoms with E-state index in [1.54, 1.807) is 4.68 Å². The van der Waals surface area contributed by atoms with E-state index >= 15 is 0 Å². The monoisotopic (exact) mass is 367 g/mol. The molecule has 1 aromatic heterocycles. The van der Waals surface area contributed by atoms with Gasteiger partial charge in [-0.3, -0.25) is 4.68 Å². The Morgan fingerprint density at radius 2 is 2.19 bits per heavy atom. The molecule has 1 unspecified atom stereocenters. The maximum absolute atomic E-state index is 6.03. The average Bonchev–Trinajstić information content (AvgIpc) is 2.97. The largest absolute Gasteiger partial charge is 0.384 e. The molecule has 1 aliphatic rings. The molecule has 0 radical (unpaired) electrons. The number of aromatic nitrogens is 2. The van der Waals surface area contributed by atoms with Crippen LogP contribution in [0.15, 0.2) is 34.0 Å². The zero-order chi connectivity index (χ0) is 15.2. The minimum absolute atomic E-state index is 0.472. The number of hydrogen-bond donors (Lipinski definition) is 0. The molecular weight excluding hydrogens is 354 g/mol. The zero-order valence-electron chi connectivity index (χ0n) is 12.0. The second kappa shape index (κ2) is 5.14. The lowest BCUT2D eigenvalue weighted by Gasteiger charge is -2.20. The van der Waals surface area contributed by atoms with E-state index < -0.39 is 5.60 Å². The molecule has 1 atom stereocenters. The van der Waals surface area contributed by atoms with E-state index in [1.807, 2.05) is 45.3 Å². The van der Waals surface area contributed by atoms with Gasteiger partial charge in [0.15, 0.2) is 5.60 Å². The van der Waals surface area contributed by atoms with Crippen LogP contribution in [0.1, 0.15) is 30.2 Å². The average molecular weight is 369 g/mol. The maximum atomic E-state index is 6.03. The van der Waals surface area contributed by atoms with E-state index in [9.17, 15) is 0 Å².